The largest absolute Gasteiger partial charge is 0.283 e. The van der Waals surface area contributed by atoms with E-state index in [9.17, 15) is 16.8 Å². The topological polar surface area (TPSA) is 83.6 Å². The maximum atomic E-state index is 12.3. The van der Waals surface area contributed by atoms with Crippen molar-refractivity contribution in [3.63, 3.8) is 0 Å². The number of hydrogen-bond acceptors (Lipinski definition) is 4. The highest BCUT2D eigenvalue weighted by molar-refractivity contribution is 7.93. The zero-order valence-corrected chi connectivity index (χ0v) is 15.2. The van der Waals surface area contributed by atoms with Crippen LogP contribution < -0.4 is 9.03 Å². The van der Waals surface area contributed by atoms with Crippen LogP contribution in [0.4, 0.5) is 11.4 Å². The van der Waals surface area contributed by atoms with Gasteiger partial charge in [0.1, 0.15) is 0 Å². The summed E-state index contributed by atoms with van der Waals surface area (Å²) < 4.78 is 52.5. The lowest BCUT2D eigenvalue weighted by Gasteiger charge is -2.29. The molecule has 0 unspecified atom stereocenters. The Kier molecular flexibility index (Phi) is 5.57. The standard InChI is InChI=1S/C15H24N2O4S2/c1-3-4-10-22(18,19)16-14-8-7-13(2)15(12-14)17-9-5-6-11-23(17,20)21/h7-8,12,16H,3-6,9-11H2,1-2H3. The summed E-state index contributed by atoms with van der Waals surface area (Å²) >= 11 is 0. The van der Waals surface area contributed by atoms with Crippen molar-refractivity contribution in [1.82, 2.24) is 0 Å². The number of anilines is 2. The highest BCUT2D eigenvalue weighted by Gasteiger charge is 2.27. The van der Waals surface area contributed by atoms with Gasteiger partial charge in [0, 0.05) is 6.54 Å². The molecule has 0 bridgehead atoms. The van der Waals surface area contributed by atoms with Gasteiger partial charge in [-0.1, -0.05) is 19.4 Å². The van der Waals surface area contributed by atoms with Crippen LogP contribution in [-0.4, -0.2) is 34.9 Å². The molecule has 0 saturated carbocycles. The molecule has 1 N–H and O–H groups in total. The fourth-order valence-electron chi connectivity index (χ4n) is 2.57. The van der Waals surface area contributed by atoms with E-state index < -0.39 is 20.0 Å². The van der Waals surface area contributed by atoms with E-state index >= 15 is 0 Å². The molecule has 0 aliphatic carbocycles. The SMILES string of the molecule is CCCCS(=O)(=O)Nc1ccc(C)c(N2CCCCS2(=O)=O)c1. The molecule has 1 fully saturated rings. The van der Waals surface area contributed by atoms with Gasteiger partial charge in [-0.15, -0.1) is 0 Å². The van der Waals surface area contributed by atoms with Gasteiger partial charge in [-0.2, -0.15) is 0 Å². The monoisotopic (exact) mass is 360 g/mol. The van der Waals surface area contributed by atoms with Crippen molar-refractivity contribution in [3.05, 3.63) is 23.8 Å². The molecule has 0 spiro atoms. The summed E-state index contributed by atoms with van der Waals surface area (Å²) in [5, 5.41) is 0. The first-order valence-corrected chi connectivity index (χ1v) is 11.1. The average molecular weight is 361 g/mol. The van der Waals surface area contributed by atoms with Gasteiger partial charge in [0.05, 0.1) is 22.9 Å². The van der Waals surface area contributed by atoms with Gasteiger partial charge in [-0.25, -0.2) is 16.8 Å². The molecule has 130 valence electrons. The summed E-state index contributed by atoms with van der Waals surface area (Å²) in [6.07, 6.45) is 2.87. The first-order chi connectivity index (χ1) is 10.7. The number of nitrogens with one attached hydrogen (secondary N) is 1. The number of aryl methyl sites for hydroxylation is 1. The second-order valence-electron chi connectivity index (χ2n) is 5.87. The normalized spacial score (nSPS) is 17.9. The number of hydrogen-bond donors (Lipinski definition) is 1. The summed E-state index contributed by atoms with van der Waals surface area (Å²) in [7, 11) is -6.72. The first-order valence-electron chi connectivity index (χ1n) is 7.87. The molecule has 1 aromatic carbocycles. The van der Waals surface area contributed by atoms with E-state index in [1.165, 1.54) is 4.31 Å². The van der Waals surface area contributed by atoms with E-state index in [1.807, 2.05) is 13.8 Å². The highest BCUT2D eigenvalue weighted by atomic mass is 32.2. The van der Waals surface area contributed by atoms with Crippen LogP contribution in [-0.2, 0) is 20.0 Å². The van der Waals surface area contributed by atoms with Crippen LogP contribution in [0.2, 0.25) is 0 Å². The maximum Gasteiger partial charge on any atom is 0.235 e. The predicted molar refractivity (Wildman–Crippen MR) is 93.9 cm³/mol. The van der Waals surface area contributed by atoms with E-state index in [1.54, 1.807) is 18.2 Å². The lowest BCUT2D eigenvalue weighted by molar-refractivity contribution is 0.574. The summed E-state index contributed by atoms with van der Waals surface area (Å²) in [4.78, 5) is 0. The van der Waals surface area contributed by atoms with Gasteiger partial charge in [0.15, 0.2) is 0 Å². The van der Waals surface area contributed by atoms with Crippen LogP contribution >= 0.6 is 0 Å². The number of nitrogens with zero attached hydrogens (tertiary/aromatic N) is 1. The molecule has 0 atom stereocenters. The Morgan fingerprint density at radius 2 is 2.00 bits per heavy atom. The molecule has 23 heavy (non-hydrogen) atoms. The number of rotatable bonds is 6. The minimum absolute atomic E-state index is 0.0642. The minimum Gasteiger partial charge on any atom is -0.283 e. The van der Waals surface area contributed by atoms with Crippen molar-refractivity contribution in [2.45, 2.75) is 39.5 Å². The van der Waals surface area contributed by atoms with Crippen molar-refractivity contribution in [2.24, 2.45) is 0 Å². The van der Waals surface area contributed by atoms with Gasteiger partial charge in [-0.05, 0) is 43.9 Å². The van der Waals surface area contributed by atoms with Gasteiger partial charge in [0.2, 0.25) is 20.0 Å². The number of unbranched alkanes of at least 4 members (excludes halogenated alkanes) is 1. The van der Waals surface area contributed by atoms with Crippen molar-refractivity contribution in [2.75, 3.05) is 27.1 Å². The molecular weight excluding hydrogens is 336 g/mol. The summed E-state index contributed by atoms with van der Waals surface area (Å²) in [5.74, 6) is 0.202. The Hall–Kier alpha value is -1.28. The van der Waals surface area contributed by atoms with Gasteiger partial charge in [0.25, 0.3) is 0 Å². The van der Waals surface area contributed by atoms with Crippen LogP contribution in [0.15, 0.2) is 18.2 Å². The summed E-state index contributed by atoms with van der Waals surface area (Å²) in [5.41, 5.74) is 1.77. The lowest BCUT2D eigenvalue weighted by atomic mass is 10.1. The molecule has 1 heterocycles. The molecule has 1 aliphatic rings. The Morgan fingerprint density at radius 1 is 1.26 bits per heavy atom. The molecule has 2 rings (SSSR count). The molecule has 8 heteroatoms. The molecule has 1 aliphatic heterocycles. The quantitative estimate of drug-likeness (QED) is 0.845. The Bertz CT molecular complexity index is 758. The lowest BCUT2D eigenvalue weighted by Crippen LogP contribution is -2.38. The Morgan fingerprint density at radius 3 is 2.65 bits per heavy atom. The van der Waals surface area contributed by atoms with Gasteiger partial charge in [-0.3, -0.25) is 9.03 Å². The zero-order chi connectivity index (χ0) is 17.1. The molecule has 0 amide bonds. The van der Waals surface area contributed by atoms with Crippen molar-refractivity contribution < 1.29 is 16.8 Å². The summed E-state index contributed by atoms with van der Waals surface area (Å²) in [6, 6.07) is 5.03. The molecule has 6 nitrogen and oxygen atoms in total. The van der Waals surface area contributed by atoms with E-state index in [-0.39, 0.29) is 11.5 Å². The smallest absolute Gasteiger partial charge is 0.235 e. The van der Waals surface area contributed by atoms with E-state index in [2.05, 4.69) is 4.72 Å². The number of sulfonamides is 2. The van der Waals surface area contributed by atoms with Crippen LogP contribution in [0.5, 0.6) is 0 Å². The average Bonchev–Trinajstić information content (AvgIpc) is 2.47. The van der Waals surface area contributed by atoms with Crippen LogP contribution in [0.25, 0.3) is 0 Å². The van der Waals surface area contributed by atoms with E-state index in [0.29, 0.717) is 30.8 Å². The van der Waals surface area contributed by atoms with Gasteiger partial charge >= 0.3 is 0 Å². The second-order valence-corrected chi connectivity index (χ2v) is 9.73. The molecule has 0 radical (unpaired) electrons. The molecular formula is C15H24N2O4S2. The van der Waals surface area contributed by atoms with E-state index in [0.717, 1.165) is 18.4 Å². The van der Waals surface area contributed by atoms with E-state index in [4.69, 9.17) is 0 Å². The molecule has 1 saturated heterocycles. The predicted octanol–water partition coefficient (Wildman–Crippen LogP) is 2.47. The highest BCUT2D eigenvalue weighted by Crippen LogP contribution is 2.29. The van der Waals surface area contributed by atoms with Crippen molar-refractivity contribution in [1.29, 1.82) is 0 Å². The van der Waals surface area contributed by atoms with Crippen LogP contribution in [0.1, 0.15) is 38.2 Å². The van der Waals surface area contributed by atoms with Crippen LogP contribution in [0.3, 0.4) is 0 Å². The Balaban J connectivity index is 2.29. The summed E-state index contributed by atoms with van der Waals surface area (Å²) in [6.45, 7) is 4.20. The maximum absolute atomic E-state index is 12.3. The van der Waals surface area contributed by atoms with Gasteiger partial charge < -0.3 is 0 Å². The second kappa shape index (κ2) is 7.09. The number of benzene rings is 1. The third-order valence-corrected chi connectivity index (χ3v) is 7.10. The minimum atomic E-state index is -3.40. The van der Waals surface area contributed by atoms with Crippen molar-refractivity contribution >= 4 is 31.4 Å². The zero-order valence-electron chi connectivity index (χ0n) is 13.6. The van der Waals surface area contributed by atoms with Crippen LogP contribution in [0, 0.1) is 6.92 Å². The Labute approximate surface area is 139 Å². The van der Waals surface area contributed by atoms with Crippen molar-refractivity contribution in [3.8, 4) is 0 Å². The first kappa shape index (κ1) is 18.1. The fraction of sp³-hybridized carbons (Fsp3) is 0.600. The molecule has 1 aromatic rings. The third kappa shape index (κ3) is 4.60. The molecule has 0 aromatic heterocycles. The third-order valence-electron chi connectivity index (χ3n) is 3.87. The fourth-order valence-corrected chi connectivity index (χ4v) is 5.52.